The normalized spacial score (nSPS) is 13.0. The van der Waals surface area contributed by atoms with Gasteiger partial charge in [0.25, 0.3) is 10.0 Å². The maximum Gasteiger partial charge on any atom is 0.263 e. The fraction of sp³-hybridized carbons (Fsp3) is 0.150. The Kier molecular flexibility index (Phi) is 4.79. The summed E-state index contributed by atoms with van der Waals surface area (Å²) in [5, 5.41) is 3.26. The summed E-state index contributed by atoms with van der Waals surface area (Å²) >= 11 is 0. The number of anilines is 3. The standard InChI is InChI=1S/C20H19N3O4S/c1-14-4-2-3-5-17(14)22-15-6-9-20(21-13-15)23-28(24,25)16-7-8-18-19(12-16)27-11-10-26-18/h2-9,12-13,22H,10-11H2,1H3,(H,21,23). The summed E-state index contributed by atoms with van der Waals surface area (Å²) in [6.07, 6.45) is 1.58. The lowest BCUT2D eigenvalue weighted by atomic mass is 10.2. The Morgan fingerprint density at radius 3 is 2.50 bits per heavy atom. The van der Waals surface area contributed by atoms with Crippen LogP contribution in [-0.2, 0) is 10.0 Å². The van der Waals surface area contributed by atoms with Gasteiger partial charge in [-0.2, -0.15) is 0 Å². The molecule has 144 valence electrons. The van der Waals surface area contributed by atoms with Crippen molar-refractivity contribution in [3.8, 4) is 11.5 Å². The van der Waals surface area contributed by atoms with Gasteiger partial charge in [-0.05, 0) is 42.8 Å². The quantitative estimate of drug-likeness (QED) is 0.682. The maximum atomic E-state index is 12.6. The number of benzene rings is 2. The van der Waals surface area contributed by atoms with E-state index in [1.807, 2.05) is 31.2 Å². The summed E-state index contributed by atoms with van der Waals surface area (Å²) in [5.74, 6) is 1.18. The molecule has 1 aromatic heterocycles. The molecule has 3 aromatic rings. The highest BCUT2D eigenvalue weighted by atomic mass is 32.2. The molecule has 0 fully saturated rings. The molecular formula is C20H19N3O4S. The second kappa shape index (κ2) is 7.40. The number of aryl methyl sites for hydroxylation is 1. The second-order valence-electron chi connectivity index (χ2n) is 6.28. The zero-order chi connectivity index (χ0) is 19.6. The van der Waals surface area contributed by atoms with Crippen LogP contribution in [0, 0.1) is 6.92 Å². The Balaban J connectivity index is 1.50. The third kappa shape index (κ3) is 3.86. The Hall–Kier alpha value is -3.26. The van der Waals surface area contributed by atoms with Crippen LogP contribution in [0.15, 0.2) is 65.7 Å². The first-order valence-corrected chi connectivity index (χ1v) is 10.2. The van der Waals surface area contributed by atoms with Crippen molar-refractivity contribution in [2.24, 2.45) is 0 Å². The minimum atomic E-state index is -3.79. The van der Waals surface area contributed by atoms with E-state index < -0.39 is 10.0 Å². The van der Waals surface area contributed by atoms with Crippen molar-refractivity contribution in [2.45, 2.75) is 11.8 Å². The van der Waals surface area contributed by atoms with Gasteiger partial charge in [-0.1, -0.05) is 18.2 Å². The highest BCUT2D eigenvalue weighted by Gasteiger charge is 2.19. The van der Waals surface area contributed by atoms with E-state index in [9.17, 15) is 8.42 Å². The van der Waals surface area contributed by atoms with E-state index in [1.54, 1.807) is 24.4 Å². The Bertz CT molecular complexity index is 1100. The lowest BCUT2D eigenvalue weighted by Gasteiger charge is -2.19. The van der Waals surface area contributed by atoms with Crippen LogP contribution < -0.4 is 19.5 Å². The fourth-order valence-electron chi connectivity index (χ4n) is 2.78. The van der Waals surface area contributed by atoms with E-state index in [4.69, 9.17) is 9.47 Å². The molecule has 0 atom stereocenters. The van der Waals surface area contributed by atoms with E-state index >= 15 is 0 Å². The minimum absolute atomic E-state index is 0.0839. The largest absolute Gasteiger partial charge is 0.486 e. The van der Waals surface area contributed by atoms with Crippen molar-refractivity contribution in [1.82, 2.24) is 4.98 Å². The summed E-state index contributed by atoms with van der Waals surface area (Å²) in [7, 11) is -3.79. The first-order chi connectivity index (χ1) is 13.5. The van der Waals surface area contributed by atoms with Gasteiger partial charge in [0.2, 0.25) is 0 Å². The van der Waals surface area contributed by atoms with Crippen molar-refractivity contribution < 1.29 is 17.9 Å². The summed E-state index contributed by atoms with van der Waals surface area (Å²) in [6.45, 7) is 2.84. The molecule has 2 heterocycles. The predicted molar refractivity (Wildman–Crippen MR) is 107 cm³/mol. The van der Waals surface area contributed by atoms with Crippen LogP contribution in [-0.4, -0.2) is 26.6 Å². The molecule has 7 nitrogen and oxygen atoms in total. The van der Waals surface area contributed by atoms with E-state index in [0.29, 0.717) is 24.7 Å². The molecule has 2 N–H and O–H groups in total. The lowest BCUT2D eigenvalue weighted by Crippen LogP contribution is -2.17. The van der Waals surface area contributed by atoms with E-state index in [-0.39, 0.29) is 10.7 Å². The fourth-order valence-corrected chi connectivity index (χ4v) is 3.81. The van der Waals surface area contributed by atoms with Gasteiger partial charge in [0.1, 0.15) is 19.0 Å². The predicted octanol–water partition coefficient (Wildman–Crippen LogP) is 3.71. The Labute approximate surface area is 163 Å². The number of hydrogen-bond donors (Lipinski definition) is 2. The highest BCUT2D eigenvalue weighted by Crippen LogP contribution is 2.32. The summed E-state index contributed by atoms with van der Waals surface area (Å²) in [6, 6.07) is 15.8. The Morgan fingerprint density at radius 1 is 0.964 bits per heavy atom. The van der Waals surface area contributed by atoms with Gasteiger partial charge < -0.3 is 14.8 Å². The van der Waals surface area contributed by atoms with Crippen LogP contribution in [0.5, 0.6) is 11.5 Å². The molecule has 0 saturated heterocycles. The number of sulfonamides is 1. The van der Waals surface area contributed by atoms with Gasteiger partial charge in [0.15, 0.2) is 11.5 Å². The van der Waals surface area contributed by atoms with Crippen molar-refractivity contribution in [3.63, 3.8) is 0 Å². The number of fused-ring (bicyclic) bond motifs is 1. The number of nitrogens with one attached hydrogen (secondary N) is 2. The number of hydrogen-bond acceptors (Lipinski definition) is 6. The lowest BCUT2D eigenvalue weighted by molar-refractivity contribution is 0.171. The molecule has 0 saturated carbocycles. The molecule has 1 aliphatic heterocycles. The average molecular weight is 397 g/mol. The smallest absolute Gasteiger partial charge is 0.263 e. The summed E-state index contributed by atoms with van der Waals surface area (Å²) < 4.78 is 38.6. The average Bonchev–Trinajstić information content (AvgIpc) is 2.70. The monoisotopic (exact) mass is 397 g/mol. The van der Waals surface area contributed by atoms with Crippen LogP contribution in [0.3, 0.4) is 0 Å². The van der Waals surface area contributed by atoms with E-state index in [2.05, 4.69) is 15.0 Å². The zero-order valence-corrected chi connectivity index (χ0v) is 16.0. The third-order valence-electron chi connectivity index (χ3n) is 4.25. The number of ether oxygens (including phenoxy) is 2. The van der Waals surface area contributed by atoms with Crippen LogP contribution in [0.4, 0.5) is 17.2 Å². The van der Waals surface area contributed by atoms with Gasteiger partial charge >= 0.3 is 0 Å². The van der Waals surface area contributed by atoms with Crippen molar-refractivity contribution in [3.05, 3.63) is 66.4 Å². The molecule has 0 spiro atoms. The minimum Gasteiger partial charge on any atom is -0.486 e. The highest BCUT2D eigenvalue weighted by molar-refractivity contribution is 7.92. The first-order valence-electron chi connectivity index (χ1n) is 8.72. The first kappa shape index (κ1) is 18.1. The molecule has 4 rings (SSSR count). The van der Waals surface area contributed by atoms with E-state index in [1.165, 1.54) is 12.1 Å². The van der Waals surface area contributed by atoms with Crippen LogP contribution >= 0.6 is 0 Å². The number of nitrogens with zero attached hydrogens (tertiary/aromatic N) is 1. The molecule has 0 bridgehead atoms. The summed E-state index contributed by atoms with van der Waals surface area (Å²) in [4.78, 5) is 4.28. The van der Waals surface area contributed by atoms with Gasteiger partial charge in [0, 0.05) is 11.8 Å². The van der Waals surface area contributed by atoms with Gasteiger partial charge in [-0.15, -0.1) is 0 Å². The summed E-state index contributed by atoms with van der Waals surface area (Å²) in [5.41, 5.74) is 2.83. The van der Waals surface area contributed by atoms with Crippen molar-refractivity contribution >= 4 is 27.2 Å². The number of rotatable bonds is 5. The van der Waals surface area contributed by atoms with Gasteiger partial charge in [-0.25, -0.2) is 13.4 Å². The number of aromatic nitrogens is 1. The van der Waals surface area contributed by atoms with Crippen LogP contribution in [0.2, 0.25) is 0 Å². The van der Waals surface area contributed by atoms with Crippen molar-refractivity contribution in [1.29, 1.82) is 0 Å². The second-order valence-corrected chi connectivity index (χ2v) is 7.97. The van der Waals surface area contributed by atoms with Crippen LogP contribution in [0.1, 0.15) is 5.56 Å². The molecular weight excluding hydrogens is 378 g/mol. The molecule has 8 heteroatoms. The van der Waals surface area contributed by atoms with Crippen LogP contribution in [0.25, 0.3) is 0 Å². The van der Waals surface area contributed by atoms with Crippen molar-refractivity contribution in [2.75, 3.05) is 23.3 Å². The Morgan fingerprint density at radius 2 is 1.75 bits per heavy atom. The molecule has 0 radical (unpaired) electrons. The molecule has 0 aliphatic carbocycles. The topological polar surface area (TPSA) is 89.5 Å². The maximum absolute atomic E-state index is 12.6. The molecule has 2 aromatic carbocycles. The van der Waals surface area contributed by atoms with Gasteiger partial charge in [-0.3, -0.25) is 4.72 Å². The SMILES string of the molecule is Cc1ccccc1Nc1ccc(NS(=O)(=O)c2ccc3c(c2)OCCO3)nc1. The molecule has 28 heavy (non-hydrogen) atoms. The van der Waals surface area contributed by atoms with E-state index in [0.717, 1.165) is 16.9 Å². The third-order valence-corrected chi connectivity index (χ3v) is 5.60. The van der Waals surface area contributed by atoms with Gasteiger partial charge in [0.05, 0.1) is 16.8 Å². The molecule has 0 unspecified atom stereocenters. The zero-order valence-electron chi connectivity index (χ0n) is 15.2. The number of para-hydroxylation sites is 1. The molecule has 1 aliphatic rings. The molecule has 0 amide bonds. The number of pyridine rings is 1.